The van der Waals surface area contributed by atoms with Crippen molar-refractivity contribution in [3.05, 3.63) is 64.3 Å². The minimum absolute atomic E-state index is 0.209. The van der Waals surface area contributed by atoms with Gasteiger partial charge in [-0.2, -0.15) is 0 Å². The average molecular weight is 457 g/mol. The number of carbonyl (C=O) groups is 1. The molecule has 1 N–H and O–H groups in total. The Hall–Kier alpha value is -2.54. The molecule has 7 heteroatoms. The van der Waals surface area contributed by atoms with E-state index in [1.165, 1.54) is 23.6 Å². The number of ether oxygens (including phenoxy) is 2. The van der Waals surface area contributed by atoms with Crippen molar-refractivity contribution in [2.24, 2.45) is 0 Å². The molecule has 2 heterocycles. The molecule has 0 bridgehead atoms. The molecule has 6 nitrogen and oxygen atoms in total. The van der Waals surface area contributed by atoms with E-state index in [2.05, 4.69) is 27.8 Å². The first-order valence-electron chi connectivity index (χ1n) is 10.9. The van der Waals surface area contributed by atoms with E-state index in [4.69, 9.17) is 21.1 Å². The Kier molecular flexibility index (Phi) is 7.04. The Labute approximate surface area is 193 Å². The summed E-state index contributed by atoms with van der Waals surface area (Å²) < 4.78 is 13.0. The molecule has 1 aliphatic rings. The molecule has 170 valence electrons. The lowest BCUT2D eigenvalue weighted by Crippen LogP contribution is -2.32. The van der Waals surface area contributed by atoms with E-state index >= 15 is 0 Å². The monoisotopic (exact) mass is 456 g/mol. The number of carboxylic acid groups (broad SMARTS) is 1. The summed E-state index contributed by atoms with van der Waals surface area (Å²) in [6.07, 6.45) is 4.34. The van der Waals surface area contributed by atoms with Crippen LogP contribution in [0, 0.1) is 0 Å². The van der Waals surface area contributed by atoms with Crippen LogP contribution in [0.5, 0.6) is 5.75 Å². The molecule has 1 fully saturated rings. The van der Waals surface area contributed by atoms with E-state index in [0.29, 0.717) is 24.8 Å². The van der Waals surface area contributed by atoms with Gasteiger partial charge in [0, 0.05) is 47.9 Å². The molecular formula is C25H29ClN2O4. The summed E-state index contributed by atoms with van der Waals surface area (Å²) in [5.74, 6) is -0.0489. The number of fused-ring (bicyclic) bond motifs is 1. The van der Waals surface area contributed by atoms with Gasteiger partial charge in [0.25, 0.3) is 0 Å². The van der Waals surface area contributed by atoms with Crippen LogP contribution in [0.2, 0.25) is 5.02 Å². The molecule has 1 aromatic heterocycles. The highest BCUT2D eigenvalue weighted by Gasteiger charge is 2.25. The zero-order valence-electron chi connectivity index (χ0n) is 18.5. The standard InChI is InChI=1S/C25H29ClN2O4/c1-31-13-12-28-16-22(21-14-19(26)6-7-23(21)28)17-8-10-27(11-9-17)15-18-4-3-5-20(25(29)30)24(18)32-2/h3-7,14,16-17H,8-13,15H2,1-2H3,(H,29,30). The Morgan fingerprint density at radius 2 is 1.97 bits per heavy atom. The van der Waals surface area contributed by atoms with Gasteiger partial charge in [0.15, 0.2) is 0 Å². The van der Waals surface area contributed by atoms with Gasteiger partial charge in [0.2, 0.25) is 0 Å². The summed E-state index contributed by atoms with van der Waals surface area (Å²) in [4.78, 5) is 13.9. The van der Waals surface area contributed by atoms with Gasteiger partial charge in [-0.25, -0.2) is 4.79 Å². The minimum atomic E-state index is -0.967. The van der Waals surface area contributed by atoms with Crippen LogP contribution in [0.3, 0.4) is 0 Å². The fraction of sp³-hybridized carbons (Fsp3) is 0.400. The minimum Gasteiger partial charge on any atom is -0.496 e. The number of nitrogens with zero attached hydrogens (tertiary/aromatic N) is 2. The lowest BCUT2D eigenvalue weighted by atomic mass is 9.89. The Balaban J connectivity index is 1.50. The second-order valence-corrected chi connectivity index (χ2v) is 8.72. The maximum Gasteiger partial charge on any atom is 0.339 e. The van der Waals surface area contributed by atoms with Crippen LogP contribution in [0.1, 0.15) is 40.2 Å². The topological polar surface area (TPSA) is 63.9 Å². The Bertz CT molecular complexity index is 1100. The fourth-order valence-electron chi connectivity index (χ4n) is 4.76. The number of hydrogen-bond acceptors (Lipinski definition) is 4. The third-order valence-electron chi connectivity index (χ3n) is 6.36. The van der Waals surface area contributed by atoms with E-state index < -0.39 is 5.97 Å². The second-order valence-electron chi connectivity index (χ2n) is 8.29. The largest absolute Gasteiger partial charge is 0.496 e. The molecule has 32 heavy (non-hydrogen) atoms. The van der Waals surface area contributed by atoms with Gasteiger partial charge < -0.3 is 19.1 Å². The number of rotatable bonds is 8. The van der Waals surface area contributed by atoms with Crippen molar-refractivity contribution in [3.63, 3.8) is 0 Å². The van der Waals surface area contributed by atoms with E-state index in [1.807, 2.05) is 12.1 Å². The molecule has 0 saturated carbocycles. The number of aromatic nitrogens is 1. The number of hydrogen-bond donors (Lipinski definition) is 1. The van der Waals surface area contributed by atoms with Crippen LogP contribution in [0.4, 0.5) is 0 Å². The quantitative estimate of drug-likeness (QED) is 0.515. The van der Waals surface area contributed by atoms with Crippen LogP contribution in [-0.4, -0.2) is 54.5 Å². The van der Waals surface area contributed by atoms with Gasteiger partial charge in [-0.05, 0) is 61.7 Å². The molecule has 2 aromatic carbocycles. The number of halogens is 1. The van der Waals surface area contributed by atoms with Gasteiger partial charge in [-0.15, -0.1) is 0 Å². The second kappa shape index (κ2) is 9.94. The zero-order chi connectivity index (χ0) is 22.7. The van der Waals surface area contributed by atoms with Gasteiger partial charge in [-0.1, -0.05) is 23.7 Å². The van der Waals surface area contributed by atoms with Crippen LogP contribution < -0.4 is 4.74 Å². The normalized spacial score (nSPS) is 15.3. The molecular weight excluding hydrogens is 428 g/mol. The first-order valence-corrected chi connectivity index (χ1v) is 11.3. The Morgan fingerprint density at radius 3 is 2.66 bits per heavy atom. The van der Waals surface area contributed by atoms with E-state index in [-0.39, 0.29) is 5.56 Å². The summed E-state index contributed by atoms with van der Waals surface area (Å²) in [5, 5.41) is 11.4. The number of carboxylic acids is 1. The molecule has 0 aliphatic carbocycles. The Morgan fingerprint density at radius 1 is 1.19 bits per heavy atom. The zero-order valence-corrected chi connectivity index (χ0v) is 19.3. The number of likely N-dealkylation sites (tertiary alicyclic amines) is 1. The highest BCUT2D eigenvalue weighted by molar-refractivity contribution is 6.31. The highest BCUT2D eigenvalue weighted by Crippen LogP contribution is 2.36. The third-order valence-corrected chi connectivity index (χ3v) is 6.60. The summed E-state index contributed by atoms with van der Waals surface area (Å²) >= 11 is 6.32. The molecule has 0 amide bonds. The summed E-state index contributed by atoms with van der Waals surface area (Å²) in [6, 6.07) is 11.4. The predicted octanol–water partition coefficient (Wildman–Crippen LogP) is 5.03. The SMILES string of the molecule is COCCn1cc(C2CCN(Cc3cccc(C(=O)O)c3OC)CC2)c2cc(Cl)ccc21. The van der Waals surface area contributed by atoms with E-state index in [1.54, 1.807) is 19.2 Å². The smallest absolute Gasteiger partial charge is 0.339 e. The lowest BCUT2D eigenvalue weighted by molar-refractivity contribution is 0.0693. The van der Waals surface area contributed by atoms with Gasteiger partial charge in [0.1, 0.15) is 11.3 Å². The average Bonchev–Trinajstić information content (AvgIpc) is 3.15. The van der Waals surface area contributed by atoms with E-state index in [0.717, 1.165) is 43.1 Å². The summed E-state index contributed by atoms with van der Waals surface area (Å²) in [7, 11) is 3.25. The van der Waals surface area contributed by atoms with Crippen LogP contribution in [-0.2, 0) is 17.8 Å². The van der Waals surface area contributed by atoms with Crippen molar-refractivity contribution in [3.8, 4) is 5.75 Å². The van der Waals surface area contributed by atoms with E-state index in [9.17, 15) is 9.90 Å². The van der Waals surface area contributed by atoms with Crippen LogP contribution in [0.15, 0.2) is 42.6 Å². The maximum absolute atomic E-state index is 11.5. The number of methoxy groups -OCH3 is 2. The van der Waals surface area contributed by atoms with Gasteiger partial charge >= 0.3 is 5.97 Å². The molecule has 0 unspecified atom stereocenters. The van der Waals surface area contributed by atoms with Crippen LogP contribution in [0.25, 0.3) is 10.9 Å². The highest BCUT2D eigenvalue weighted by atomic mass is 35.5. The molecule has 4 rings (SSSR count). The molecule has 1 aliphatic heterocycles. The van der Waals surface area contributed by atoms with Crippen molar-refractivity contribution in [1.82, 2.24) is 9.47 Å². The van der Waals surface area contributed by atoms with Crippen molar-refractivity contribution in [1.29, 1.82) is 0 Å². The van der Waals surface area contributed by atoms with Gasteiger partial charge in [0.05, 0.1) is 13.7 Å². The maximum atomic E-state index is 11.5. The number of aromatic carboxylic acids is 1. The fourth-order valence-corrected chi connectivity index (χ4v) is 4.93. The summed E-state index contributed by atoms with van der Waals surface area (Å²) in [5.41, 5.74) is 3.66. The van der Waals surface area contributed by atoms with Crippen molar-refractivity contribution >= 4 is 28.5 Å². The third kappa shape index (κ3) is 4.63. The molecule has 0 spiro atoms. The molecule has 3 aromatic rings. The number of para-hydroxylation sites is 1. The van der Waals surface area contributed by atoms with Crippen LogP contribution >= 0.6 is 11.6 Å². The first-order chi connectivity index (χ1) is 15.5. The van der Waals surface area contributed by atoms with Crippen molar-refractivity contribution < 1.29 is 19.4 Å². The molecule has 0 radical (unpaired) electrons. The number of piperidine rings is 1. The first kappa shape index (κ1) is 22.6. The lowest BCUT2D eigenvalue weighted by Gasteiger charge is -2.32. The number of benzene rings is 2. The summed E-state index contributed by atoms with van der Waals surface area (Å²) in [6.45, 7) is 4.04. The predicted molar refractivity (Wildman–Crippen MR) is 126 cm³/mol. The molecule has 1 saturated heterocycles. The van der Waals surface area contributed by atoms with Crippen molar-refractivity contribution in [2.75, 3.05) is 33.9 Å². The molecule has 0 atom stereocenters. The van der Waals surface area contributed by atoms with Gasteiger partial charge in [-0.3, -0.25) is 4.90 Å². The van der Waals surface area contributed by atoms with Crippen molar-refractivity contribution in [2.45, 2.75) is 31.8 Å².